The fourth-order valence-electron chi connectivity index (χ4n) is 3.77. The molecule has 0 unspecified atom stereocenters. The molecule has 1 aliphatic rings. The molecule has 0 radical (unpaired) electrons. The third-order valence-electron chi connectivity index (χ3n) is 5.90. The molecule has 1 fully saturated rings. The molecular weight excluding hydrogens is 504 g/mol. The fourth-order valence-corrected chi connectivity index (χ4v) is 3.77. The van der Waals surface area contributed by atoms with Crippen LogP contribution in [0.5, 0.6) is 23.0 Å². The van der Waals surface area contributed by atoms with Crippen LogP contribution in [0, 0.1) is 0 Å². The van der Waals surface area contributed by atoms with Crippen LogP contribution in [0.15, 0.2) is 42.5 Å². The van der Waals surface area contributed by atoms with Crippen LogP contribution >= 0.6 is 0 Å². The van der Waals surface area contributed by atoms with E-state index in [-0.39, 0.29) is 29.6 Å². The summed E-state index contributed by atoms with van der Waals surface area (Å²) in [5.74, 6) is -0.134. The Labute approximate surface area is 219 Å². The largest absolute Gasteiger partial charge is 0.504 e. The molecule has 38 heavy (non-hydrogen) atoms. The van der Waals surface area contributed by atoms with Crippen molar-refractivity contribution in [1.82, 2.24) is 0 Å². The lowest BCUT2D eigenvalue weighted by atomic mass is 10.0. The topological polar surface area (TPSA) is 174 Å². The van der Waals surface area contributed by atoms with Crippen LogP contribution in [0.1, 0.15) is 17.2 Å². The number of benzene rings is 2. The highest BCUT2D eigenvalue weighted by atomic mass is 16.7. The van der Waals surface area contributed by atoms with Gasteiger partial charge in [0.05, 0.1) is 20.8 Å². The lowest BCUT2D eigenvalue weighted by molar-refractivity contribution is -0.162. The summed E-state index contributed by atoms with van der Waals surface area (Å²) in [5, 5.41) is 50.1. The number of aromatic hydroxyl groups is 1. The summed E-state index contributed by atoms with van der Waals surface area (Å²) in [4.78, 5) is 12.1. The van der Waals surface area contributed by atoms with E-state index in [2.05, 4.69) is 0 Å². The maximum atomic E-state index is 12.1. The Morgan fingerprint density at radius 1 is 1.03 bits per heavy atom. The Morgan fingerprint density at radius 3 is 2.39 bits per heavy atom. The minimum Gasteiger partial charge on any atom is -0.504 e. The van der Waals surface area contributed by atoms with Crippen molar-refractivity contribution in [2.75, 3.05) is 34.5 Å². The molecule has 0 aliphatic carbocycles. The zero-order chi connectivity index (χ0) is 27.8. The number of methoxy groups -OCH3 is 3. The van der Waals surface area contributed by atoms with E-state index in [0.29, 0.717) is 11.1 Å². The number of ether oxygens (including phenoxy) is 6. The molecule has 0 aromatic heterocycles. The zero-order valence-corrected chi connectivity index (χ0v) is 21.1. The smallest absolute Gasteiger partial charge is 0.330 e. The van der Waals surface area contributed by atoms with Crippen molar-refractivity contribution < 1.29 is 58.7 Å². The van der Waals surface area contributed by atoms with Gasteiger partial charge in [0.1, 0.15) is 31.0 Å². The van der Waals surface area contributed by atoms with Gasteiger partial charge in [-0.15, -0.1) is 0 Å². The van der Waals surface area contributed by atoms with Crippen LogP contribution in [0.4, 0.5) is 0 Å². The molecule has 5 N–H and O–H groups in total. The lowest BCUT2D eigenvalue weighted by Crippen LogP contribution is -2.35. The second-order valence-electron chi connectivity index (χ2n) is 8.35. The van der Waals surface area contributed by atoms with E-state index in [1.165, 1.54) is 51.7 Å². The van der Waals surface area contributed by atoms with Gasteiger partial charge in [-0.1, -0.05) is 12.1 Å². The number of carbonyl (C=O) groups is 1. The molecule has 0 saturated carbocycles. The Bertz CT molecular complexity index is 1100. The average Bonchev–Trinajstić information content (AvgIpc) is 3.21. The number of hydrogen-bond donors (Lipinski definition) is 5. The van der Waals surface area contributed by atoms with E-state index in [9.17, 15) is 30.3 Å². The number of aliphatic hydroxyl groups is 4. The van der Waals surface area contributed by atoms with E-state index in [1.807, 2.05) is 0 Å². The molecule has 1 aliphatic heterocycles. The minimum atomic E-state index is -1.26. The number of esters is 1. The number of aliphatic hydroxyl groups excluding tert-OH is 4. The standard InChI is InChI=1S/C26H32O12/c1-33-18-11-15(6-7-16(18)28)23(30)20(12-27)37-17-8-4-14(10-19(17)34-2)5-9-22(29)36-13-21-24(31)25(32)26(35-3)38-21/h4-11,20-21,23-28,30-32H,12-13H2,1-3H3/b9-5+/t20-,21+,23-,24+,25-,26-/m1/s1. The minimum absolute atomic E-state index is 0.0953. The van der Waals surface area contributed by atoms with E-state index < -0.39 is 49.4 Å². The Balaban J connectivity index is 1.63. The van der Waals surface area contributed by atoms with Gasteiger partial charge in [0.25, 0.3) is 0 Å². The predicted octanol–water partition coefficient (Wildman–Crippen LogP) is 0.532. The summed E-state index contributed by atoms with van der Waals surface area (Å²) in [6.45, 7) is -0.808. The van der Waals surface area contributed by atoms with E-state index in [4.69, 9.17) is 28.4 Å². The first kappa shape index (κ1) is 29.2. The molecule has 2 aromatic carbocycles. The summed E-state index contributed by atoms with van der Waals surface area (Å²) in [6.07, 6.45) is -4.13. The average molecular weight is 537 g/mol. The van der Waals surface area contributed by atoms with Gasteiger partial charge < -0.3 is 54.0 Å². The second kappa shape index (κ2) is 13.4. The summed E-state index contributed by atoms with van der Waals surface area (Å²) in [7, 11) is 4.11. The Kier molecular flexibility index (Phi) is 10.3. The molecule has 1 saturated heterocycles. The fraction of sp³-hybridized carbons (Fsp3) is 0.423. The number of carbonyl (C=O) groups excluding carboxylic acids is 1. The molecule has 12 heteroatoms. The van der Waals surface area contributed by atoms with Crippen molar-refractivity contribution in [3.05, 3.63) is 53.6 Å². The van der Waals surface area contributed by atoms with Crippen LogP contribution in [0.2, 0.25) is 0 Å². The zero-order valence-electron chi connectivity index (χ0n) is 21.1. The highest BCUT2D eigenvalue weighted by Gasteiger charge is 2.43. The van der Waals surface area contributed by atoms with E-state index in [1.54, 1.807) is 18.2 Å². The summed E-state index contributed by atoms with van der Waals surface area (Å²) in [6, 6.07) is 9.03. The first-order valence-electron chi connectivity index (χ1n) is 11.6. The van der Waals surface area contributed by atoms with Crippen molar-refractivity contribution in [3.8, 4) is 23.0 Å². The normalized spacial score (nSPS) is 22.7. The van der Waals surface area contributed by atoms with Crippen molar-refractivity contribution in [2.24, 2.45) is 0 Å². The maximum Gasteiger partial charge on any atom is 0.330 e. The molecule has 0 amide bonds. The van der Waals surface area contributed by atoms with Crippen molar-refractivity contribution in [3.63, 3.8) is 0 Å². The van der Waals surface area contributed by atoms with Gasteiger partial charge in [0.2, 0.25) is 0 Å². The molecule has 3 rings (SSSR count). The number of rotatable bonds is 12. The van der Waals surface area contributed by atoms with Crippen LogP contribution < -0.4 is 14.2 Å². The third kappa shape index (κ3) is 6.92. The van der Waals surface area contributed by atoms with E-state index in [0.717, 1.165) is 0 Å². The van der Waals surface area contributed by atoms with Crippen LogP contribution in [-0.4, -0.2) is 96.8 Å². The monoisotopic (exact) mass is 536 g/mol. The van der Waals surface area contributed by atoms with Gasteiger partial charge in [-0.25, -0.2) is 4.79 Å². The molecule has 2 aromatic rings. The van der Waals surface area contributed by atoms with Gasteiger partial charge in [-0.3, -0.25) is 0 Å². The summed E-state index contributed by atoms with van der Waals surface area (Å²) in [5.41, 5.74) is 0.918. The molecule has 1 heterocycles. The molecule has 208 valence electrons. The summed E-state index contributed by atoms with van der Waals surface area (Å²) < 4.78 is 31.5. The summed E-state index contributed by atoms with van der Waals surface area (Å²) >= 11 is 0. The predicted molar refractivity (Wildman–Crippen MR) is 132 cm³/mol. The van der Waals surface area contributed by atoms with Crippen molar-refractivity contribution >= 4 is 12.0 Å². The number of hydrogen-bond acceptors (Lipinski definition) is 12. The van der Waals surface area contributed by atoms with Crippen LogP contribution in [-0.2, 0) is 19.0 Å². The molecule has 0 bridgehead atoms. The maximum absolute atomic E-state index is 12.1. The first-order valence-corrected chi connectivity index (χ1v) is 11.6. The highest BCUT2D eigenvalue weighted by molar-refractivity contribution is 5.87. The first-order chi connectivity index (χ1) is 18.2. The molecule has 6 atom stereocenters. The van der Waals surface area contributed by atoms with Crippen LogP contribution in [0.3, 0.4) is 0 Å². The van der Waals surface area contributed by atoms with Crippen molar-refractivity contribution in [2.45, 2.75) is 36.8 Å². The Morgan fingerprint density at radius 2 is 1.76 bits per heavy atom. The van der Waals surface area contributed by atoms with Gasteiger partial charge in [-0.05, 0) is 41.5 Å². The van der Waals surface area contributed by atoms with Crippen molar-refractivity contribution in [1.29, 1.82) is 0 Å². The third-order valence-corrected chi connectivity index (χ3v) is 5.90. The quantitative estimate of drug-likeness (QED) is 0.188. The molecular formula is C26H32O12. The number of phenols is 1. The van der Waals surface area contributed by atoms with Gasteiger partial charge in [0.15, 0.2) is 35.4 Å². The van der Waals surface area contributed by atoms with Crippen LogP contribution in [0.25, 0.3) is 6.08 Å². The van der Waals surface area contributed by atoms with Gasteiger partial charge >= 0.3 is 5.97 Å². The van der Waals surface area contributed by atoms with Gasteiger partial charge in [-0.2, -0.15) is 0 Å². The second-order valence-corrected chi connectivity index (χ2v) is 8.35. The Hall–Kier alpha value is -3.39. The molecule has 0 spiro atoms. The molecule has 12 nitrogen and oxygen atoms in total. The van der Waals surface area contributed by atoms with Gasteiger partial charge in [0, 0.05) is 13.2 Å². The lowest BCUT2D eigenvalue weighted by Gasteiger charge is -2.24. The highest BCUT2D eigenvalue weighted by Crippen LogP contribution is 2.34. The number of phenolic OH excluding ortho intramolecular Hbond substituents is 1. The van der Waals surface area contributed by atoms with E-state index >= 15 is 0 Å². The SMILES string of the molecule is COc1cc([C@@H](O)[C@@H](CO)Oc2ccc(/C=C/C(=O)OC[C@@H]3O[C@@H](OC)[C@H](O)[C@H]3O)cc2OC)ccc1O.